The van der Waals surface area contributed by atoms with Crippen molar-refractivity contribution in [3.63, 3.8) is 0 Å². The fourth-order valence-electron chi connectivity index (χ4n) is 6.21. The van der Waals surface area contributed by atoms with Crippen LogP contribution in [-0.4, -0.2) is 59.8 Å². The van der Waals surface area contributed by atoms with Crippen LogP contribution in [0.5, 0.6) is 5.75 Å². The van der Waals surface area contributed by atoms with E-state index in [0.717, 1.165) is 6.07 Å². The monoisotopic (exact) mass is 584 g/mol. The van der Waals surface area contributed by atoms with Gasteiger partial charge in [-0.15, -0.1) is 0 Å². The Kier molecular flexibility index (Phi) is 6.14. The van der Waals surface area contributed by atoms with Crippen molar-refractivity contribution in [3.8, 4) is 5.75 Å². The van der Waals surface area contributed by atoms with E-state index in [9.17, 15) is 26.7 Å². The van der Waals surface area contributed by atoms with E-state index in [0.29, 0.717) is 61.6 Å². The number of ether oxygens (including phenoxy) is 1. The van der Waals surface area contributed by atoms with Gasteiger partial charge in [0.1, 0.15) is 17.1 Å². The van der Waals surface area contributed by atoms with Gasteiger partial charge >= 0.3 is 6.18 Å². The van der Waals surface area contributed by atoms with Crippen LogP contribution >= 0.6 is 11.6 Å². The topological polar surface area (TPSA) is 96.7 Å². The van der Waals surface area contributed by atoms with Gasteiger partial charge in [-0.1, -0.05) is 11.6 Å². The van der Waals surface area contributed by atoms with Crippen LogP contribution in [0.25, 0.3) is 11.0 Å². The SMILES string of the molecule is CC1(O)CC(n2cnc3cc(OCCN4CCC5(CC4)c4cc(Cl)ccc4NS5(=O)=O)cc(C(F)(F)F)c32)C1. The highest BCUT2D eigenvalue weighted by Gasteiger charge is 2.53. The van der Waals surface area contributed by atoms with E-state index < -0.39 is 32.1 Å². The molecule has 1 saturated heterocycles. The molecular weight excluding hydrogens is 557 g/mol. The highest BCUT2D eigenvalue weighted by Crippen LogP contribution is 2.50. The second kappa shape index (κ2) is 8.98. The number of rotatable bonds is 5. The number of hydrogen-bond acceptors (Lipinski definition) is 6. The van der Waals surface area contributed by atoms with E-state index in [4.69, 9.17) is 16.3 Å². The fraction of sp³-hybridized carbons (Fsp3) is 0.500. The number of piperidine rings is 1. The Morgan fingerprint density at radius 3 is 2.59 bits per heavy atom. The molecule has 2 N–H and O–H groups in total. The van der Waals surface area contributed by atoms with Gasteiger partial charge < -0.3 is 14.4 Å². The second-order valence-corrected chi connectivity index (χ2v) is 13.5. The molecule has 1 saturated carbocycles. The van der Waals surface area contributed by atoms with Crippen LogP contribution in [-0.2, 0) is 20.9 Å². The van der Waals surface area contributed by atoms with Crippen LogP contribution in [0.4, 0.5) is 18.9 Å². The predicted molar refractivity (Wildman–Crippen MR) is 140 cm³/mol. The Hall–Kier alpha value is -2.54. The summed E-state index contributed by atoms with van der Waals surface area (Å²) < 4.78 is 77.0. The lowest BCUT2D eigenvalue weighted by atomic mass is 9.77. The van der Waals surface area contributed by atoms with Crippen LogP contribution < -0.4 is 9.46 Å². The molecule has 1 aromatic heterocycles. The van der Waals surface area contributed by atoms with Gasteiger partial charge in [0, 0.05) is 42.3 Å². The number of likely N-dealkylation sites (tertiary alicyclic amines) is 1. The summed E-state index contributed by atoms with van der Waals surface area (Å²) in [6.45, 7) is 3.20. The number of nitrogens with zero attached hydrogens (tertiary/aromatic N) is 3. The van der Waals surface area contributed by atoms with E-state index in [1.165, 1.54) is 17.0 Å². The number of halogens is 4. The van der Waals surface area contributed by atoms with Crippen LogP contribution in [0.1, 0.15) is 49.8 Å². The van der Waals surface area contributed by atoms with Crippen molar-refractivity contribution in [1.82, 2.24) is 14.5 Å². The van der Waals surface area contributed by atoms with Crippen molar-refractivity contribution in [3.05, 3.63) is 52.8 Å². The van der Waals surface area contributed by atoms with Crippen molar-refractivity contribution < 1.29 is 31.4 Å². The zero-order valence-corrected chi connectivity index (χ0v) is 22.7. The standard InChI is InChI=1S/C26H28ClF3N4O4S/c1-24(35)13-17(14-24)34-15-31-22-12-18(11-20(23(22)34)26(28,29)30)38-9-8-33-6-4-25(5-7-33)19-10-16(27)2-3-21(19)32-39(25,36)37/h2-3,10-12,15,17,32,35H,4-9,13-14H2,1H3. The van der Waals surface area contributed by atoms with E-state index in [1.807, 2.05) is 4.90 Å². The number of aliphatic hydroxyl groups is 1. The Bertz CT molecular complexity index is 1540. The molecule has 2 aliphatic heterocycles. The van der Waals surface area contributed by atoms with Crippen LogP contribution in [0, 0.1) is 0 Å². The Labute approximate surface area is 228 Å². The van der Waals surface area contributed by atoms with E-state index in [2.05, 4.69) is 9.71 Å². The molecular formula is C26H28ClF3N4O4S. The maximum absolute atomic E-state index is 14.0. The van der Waals surface area contributed by atoms with Gasteiger partial charge in [-0.05, 0) is 56.9 Å². The zero-order valence-electron chi connectivity index (χ0n) is 21.1. The van der Waals surface area contributed by atoms with Gasteiger partial charge in [-0.2, -0.15) is 13.2 Å². The first-order chi connectivity index (χ1) is 18.3. The lowest BCUT2D eigenvalue weighted by molar-refractivity contribution is -0.136. The molecule has 1 spiro atoms. The molecule has 3 aromatic rings. The summed E-state index contributed by atoms with van der Waals surface area (Å²) in [5.41, 5.74) is -0.298. The number of aromatic nitrogens is 2. The third-order valence-electron chi connectivity index (χ3n) is 8.26. The van der Waals surface area contributed by atoms with E-state index in [-0.39, 0.29) is 29.4 Å². The molecule has 0 bridgehead atoms. The first-order valence-corrected chi connectivity index (χ1v) is 14.6. The summed E-state index contributed by atoms with van der Waals surface area (Å²) >= 11 is 6.15. The van der Waals surface area contributed by atoms with Gasteiger partial charge in [0.05, 0.1) is 34.2 Å². The molecule has 3 heterocycles. The number of alkyl halides is 3. The molecule has 1 aliphatic carbocycles. The predicted octanol–water partition coefficient (Wildman–Crippen LogP) is 4.92. The van der Waals surface area contributed by atoms with Gasteiger partial charge in [-0.25, -0.2) is 13.4 Å². The van der Waals surface area contributed by atoms with Gasteiger partial charge in [0.15, 0.2) is 0 Å². The summed E-state index contributed by atoms with van der Waals surface area (Å²) in [5, 5.41) is 10.5. The summed E-state index contributed by atoms with van der Waals surface area (Å²) in [4.78, 5) is 6.24. The number of benzene rings is 2. The summed E-state index contributed by atoms with van der Waals surface area (Å²) in [5.74, 6) is 0.0697. The first-order valence-electron chi connectivity index (χ1n) is 12.8. The molecule has 0 amide bonds. The molecule has 3 aliphatic rings. The van der Waals surface area contributed by atoms with Gasteiger partial charge in [0.25, 0.3) is 0 Å². The van der Waals surface area contributed by atoms with Crippen LogP contribution in [0.2, 0.25) is 5.02 Å². The molecule has 2 fully saturated rings. The maximum Gasteiger partial charge on any atom is 0.418 e. The highest BCUT2D eigenvalue weighted by atomic mass is 35.5. The van der Waals surface area contributed by atoms with Gasteiger partial charge in [0.2, 0.25) is 10.0 Å². The lowest BCUT2D eigenvalue weighted by Gasteiger charge is -2.41. The molecule has 13 heteroatoms. The molecule has 0 unspecified atom stereocenters. The number of sulfonamides is 1. The number of hydrogen-bond donors (Lipinski definition) is 2. The minimum absolute atomic E-state index is 0.0107. The average Bonchev–Trinajstić information content (AvgIpc) is 3.34. The molecule has 2 aromatic carbocycles. The minimum atomic E-state index is -4.61. The number of imidazole rings is 1. The van der Waals surface area contributed by atoms with Crippen molar-refractivity contribution in [2.75, 3.05) is 31.0 Å². The summed E-state index contributed by atoms with van der Waals surface area (Å²) in [6.07, 6.45) is -1.76. The Morgan fingerprint density at radius 2 is 1.92 bits per heavy atom. The van der Waals surface area contributed by atoms with E-state index in [1.54, 1.807) is 25.1 Å². The number of fused-ring (bicyclic) bond motifs is 3. The van der Waals surface area contributed by atoms with Crippen molar-refractivity contribution in [2.45, 2.75) is 55.2 Å². The maximum atomic E-state index is 14.0. The van der Waals surface area contributed by atoms with E-state index >= 15 is 0 Å². The number of anilines is 1. The molecule has 6 rings (SSSR count). The molecule has 8 nitrogen and oxygen atoms in total. The third-order valence-corrected chi connectivity index (χ3v) is 10.6. The lowest BCUT2D eigenvalue weighted by Crippen LogP contribution is -2.47. The first kappa shape index (κ1) is 26.7. The Balaban J connectivity index is 1.14. The zero-order chi connectivity index (χ0) is 27.8. The third kappa shape index (κ3) is 4.55. The normalized spacial score (nSPS) is 25.8. The fourth-order valence-corrected chi connectivity index (χ4v) is 8.23. The molecule has 210 valence electrons. The average molecular weight is 585 g/mol. The smallest absolute Gasteiger partial charge is 0.418 e. The molecule has 0 radical (unpaired) electrons. The number of nitrogens with one attached hydrogen (secondary N) is 1. The minimum Gasteiger partial charge on any atom is -0.492 e. The quantitative estimate of drug-likeness (QED) is 0.442. The van der Waals surface area contributed by atoms with Crippen LogP contribution in [0.15, 0.2) is 36.7 Å². The highest BCUT2D eigenvalue weighted by molar-refractivity contribution is 7.94. The van der Waals surface area contributed by atoms with Crippen molar-refractivity contribution in [2.24, 2.45) is 0 Å². The van der Waals surface area contributed by atoms with Gasteiger partial charge in [-0.3, -0.25) is 9.62 Å². The van der Waals surface area contributed by atoms with Crippen LogP contribution in [0.3, 0.4) is 0 Å². The summed E-state index contributed by atoms with van der Waals surface area (Å²) in [7, 11) is -3.62. The Morgan fingerprint density at radius 1 is 1.21 bits per heavy atom. The second-order valence-electron chi connectivity index (χ2n) is 11.0. The largest absolute Gasteiger partial charge is 0.492 e. The molecule has 39 heavy (non-hydrogen) atoms. The van der Waals surface area contributed by atoms with Crippen molar-refractivity contribution in [1.29, 1.82) is 0 Å². The molecule has 0 atom stereocenters. The van der Waals surface area contributed by atoms with Crippen molar-refractivity contribution >= 4 is 38.3 Å². The summed E-state index contributed by atoms with van der Waals surface area (Å²) in [6, 6.07) is 7.28.